The Hall–Kier alpha value is -3.74. The van der Waals surface area contributed by atoms with E-state index < -0.39 is 17.4 Å². The van der Waals surface area contributed by atoms with Crippen LogP contribution in [0.3, 0.4) is 0 Å². The number of aliphatic hydroxyl groups is 2. The Balaban J connectivity index is 1.86. The van der Waals surface area contributed by atoms with Gasteiger partial charge in [-0.2, -0.15) is 0 Å². The molecule has 1 heterocycles. The zero-order valence-electron chi connectivity index (χ0n) is 18.3. The van der Waals surface area contributed by atoms with Gasteiger partial charge < -0.3 is 10.2 Å². The first-order valence-corrected chi connectivity index (χ1v) is 10.9. The number of hydrogen-bond donors (Lipinski definition) is 2. The summed E-state index contributed by atoms with van der Waals surface area (Å²) in [6, 6.07) is 23.6. The molecule has 0 saturated carbocycles. The molecule has 6 heteroatoms. The van der Waals surface area contributed by atoms with Crippen molar-refractivity contribution in [2.45, 2.75) is 18.9 Å². The molecule has 0 unspecified atom stereocenters. The number of nitrogens with zero attached hydrogens (tertiary/aromatic N) is 2. The lowest BCUT2D eigenvalue weighted by Gasteiger charge is -2.28. The third-order valence-corrected chi connectivity index (χ3v) is 5.97. The summed E-state index contributed by atoms with van der Waals surface area (Å²) in [6.45, 7) is 1.75. The van der Waals surface area contributed by atoms with Crippen molar-refractivity contribution in [3.8, 4) is 0 Å². The summed E-state index contributed by atoms with van der Waals surface area (Å²) in [4.78, 5) is 28.7. The van der Waals surface area contributed by atoms with Crippen LogP contribution in [0.15, 0.2) is 91.0 Å². The minimum Gasteiger partial charge on any atom is -0.396 e. The van der Waals surface area contributed by atoms with Gasteiger partial charge in [0.25, 0.3) is 5.91 Å². The maximum atomic E-state index is 13.7. The molecular formula is C27H26N2O4. The van der Waals surface area contributed by atoms with Crippen molar-refractivity contribution in [3.05, 3.63) is 96.6 Å². The van der Waals surface area contributed by atoms with Crippen molar-refractivity contribution >= 4 is 35.1 Å². The van der Waals surface area contributed by atoms with Gasteiger partial charge >= 0.3 is 0 Å². The molecule has 0 saturated heterocycles. The molecule has 4 rings (SSSR count). The van der Waals surface area contributed by atoms with Gasteiger partial charge in [-0.1, -0.05) is 55.5 Å². The van der Waals surface area contributed by atoms with Gasteiger partial charge in [0.05, 0.1) is 5.69 Å². The Morgan fingerprint density at radius 1 is 1.00 bits per heavy atom. The number of carbonyl (C=O) groups is 2. The predicted octanol–water partition coefficient (Wildman–Crippen LogP) is 4.42. The van der Waals surface area contributed by atoms with Gasteiger partial charge in [0.1, 0.15) is 0 Å². The van der Waals surface area contributed by atoms with Crippen molar-refractivity contribution < 1.29 is 19.8 Å². The van der Waals surface area contributed by atoms with Crippen LogP contribution < -0.4 is 9.80 Å². The summed E-state index contributed by atoms with van der Waals surface area (Å²) < 4.78 is 0. The van der Waals surface area contributed by atoms with E-state index in [4.69, 9.17) is 5.11 Å². The summed E-state index contributed by atoms with van der Waals surface area (Å²) in [5.74, 6) is -1.03. The highest BCUT2D eigenvalue weighted by molar-refractivity contribution is 6.12. The van der Waals surface area contributed by atoms with Gasteiger partial charge in [-0.15, -0.1) is 0 Å². The number of rotatable bonds is 8. The van der Waals surface area contributed by atoms with Crippen LogP contribution >= 0.6 is 0 Å². The lowest BCUT2D eigenvalue weighted by atomic mass is 9.82. The number of aliphatic hydroxyl groups excluding tert-OH is 1. The fourth-order valence-corrected chi connectivity index (χ4v) is 4.22. The lowest BCUT2D eigenvalue weighted by Crippen LogP contribution is -2.42. The highest BCUT2D eigenvalue weighted by atomic mass is 16.3. The SMILES string of the molecule is C[C@@H](/C=C/CCO)[C@]1(O)C(=O)N(c2ccccc2)c2ccc(N(C=O)c3ccccc3)cc21. The second-order valence-corrected chi connectivity index (χ2v) is 7.98. The molecule has 168 valence electrons. The molecule has 1 aliphatic heterocycles. The molecule has 0 radical (unpaired) electrons. The van der Waals surface area contributed by atoms with Gasteiger partial charge in [0.15, 0.2) is 5.60 Å². The number of anilines is 4. The third-order valence-electron chi connectivity index (χ3n) is 5.97. The normalized spacial score (nSPS) is 18.4. The van der Waals surface area contributed by atoms with E-state index in [1.165, 1.54) is 9.80 Å². The summed E-state index contributed by atoms with van der Waals surface area (Å²) >= 11 is 0. The van der Waals surface area contributed by atoms with Crippen molar-refractivity contribution in [2.75, 3.05) is 16.4 Å². The van der Waals surface area contributed by atoms with Gasteiger partial charge in [0, 0.05) is 35.2 Å². The molecule has 0 spiro atoms. The van der Waals surface area contributed by atoms with Crippen molar-refractivity contribution in [3.63, 3.8) is 0 Å². The molecule has 0 aromatic heterocycles. The Morgan fingerprint density at radius 2 is 1.67 bits per heavy atom. The predicted molar refractivity (Wildman–Crippen MR) is 129 cm³/mol. The van der Waals surface area contributed by atoms with Gasteiger partial charge in [-0.05, 0) is 48.9 Å². The van der Waals surface area contributed by atoms with Crippen LogP contribution in [0.1, 0.15) is 18.9 Å². The summed E-state index contributed by atoms with van der Waals surface area (Å²) in [6.07, 6.45) is 4.64. The smallest absolute Gasteiger partial charge is 0.268 e. The first-order chi connectivity index (χ1) is 16.0. The number of amides is 2. The first kappa shape index (κ1) is 22.5. The van der Waals surface area contributed by atoms with E-state index in [1.807, 2.05) is 60.7 Å². The van der Waals surface area contributed by atoms with E-state index in [0.717, 1.165) is 0 Å². The second-order valence-electron chi connectivity index (χ2n) is 7.98. The van der Waals surface area contributed by atoms with Crippen LogP contribution in [0.2, 0.25) is 0 Å². The topological polar surface area (TPSA) is 81.1 Å². The second kappa shape index (κ2) is 9.40. The monoisotopic (exact) mass is 442 g/mol. The zero-order valence-corrected chi connectivity index (χ0v) is 18.3. The maximum Gasteiger partial charge on any atom is 0.268 e. The zero-order chi connectivity index (χ0) is 23.4. The molecule has 6 nitrogen and oxygen atoms in total. The summed E-state index contributed by atoms with van der Waals surface area (Å²) in [5, 5.41) is 21.0. The van der Waals surface area contributed by atoms with Crippen molar-refractivity contribution in [1.29, 1.82) is 0 Å². The summed E-state index contributed by atoms with van der Waals surface area (Å²) in [7, 11) is 0. The Morgan fingerprint density at radius 3 is 2.30 bits per heavy atom. The van der Waals surface area contributed by atoms with Gasteiger partial charge in [0.2, 0.25) is 6.41 Å². The fraction of sp³-hybridized carbons (Fsp3) is 0.185. The minimum absolute atomic E-state index is 0.0160. The number of carbonyl (C=O) groups excluding carboxylic acids is 2. The number of fused-ring (bicyclic) bond motifs is 1. The highest BCUT2D eigenvalue weighted by Gasteiger charge is 2.53. The van der Waals surface area contributed by atoms with Gasteiger partial charge in [-0.3, -0.25) is 19.4 Å². The van der Waals surface area contributed by atoms with Gasteiger partial charge in [-0.25, -0.2) is 0 Å². The van der Waals surface area contributed by atoms with Crippen LogP contribution in [0.25, 0.3) is 0 Å². The van der Waals surface area contributed by atoms with Crippen molar-refractivity contribution in [2.24, 2.45) is 5.92 Å². The number of para-hydroxylation sites is 2. The van der Waals surface area contributed by atoms with E-state index in [2.05, 4.69) is 0 Å². The minimum atomic E-state index is -1.83. The third kappa shape index (κ3) is 3.95. The van der Waals surface area contributed by atoms with E-state index in [9.17, 15) is 14.7 Å². The quantitative estimate of drug-likeness (QED) is 0.400. The van der Waals surface area contributed by atoms with Crippen LogP contribution in [0.4, 0.5) is 22.7 Å². The molecule has 0 aliphatic carbocycles. The molecule has 3 aromatic rings. The molecule has 2 amide bonds. The van der Waals surface area contributed by atoms with Crippen LogP contribution in [-0.2, 0) is 15.2 Å². The molecule has 0 fully saturated rings. The molecule has 1 aliphatic rings. The Kier molecular flexibility index (Phi) is 6.40. The van der Waals surface area contributed by atoms with E-state index >= 15 is 0 Å². The van der Waals surface area contributed by atoms with Crippen LogP contribution in [-0.4, -0.2) is 29.1 Å². The standard InChI is InChI=1S/C27H26N2O4/c1-20(10-8-9-17-30)27(33)24-18-23(28(19-31)21-11-4-2-5-12-21)15-16-25(24)29(26(27)32)22-13-6-3-7-14-22/h2-8,10-16,18-20,30,33H,9,17H2,1H3/b10-8+/t20-,27+/m0/s1. The Bertz CT molecular complexity index is 1160. The Labute approximate surface area is 193 Å². The first-order valence-electron chi connectivity index (χ1n) is 10.9. The van der Waals surface area contributed by atoms with Crippen LogP contribution in [0.5, 0.6) is 0 Å². The highest BCUT2D eigenvalue weighted by Crippen LogP contribution is 2.49. The molecule has 0 bridgehead atoms. The maximum absolute atomic E-state index is 13.7. The number of benzene rings is 3. The summed E-state index contributed by atoms with van der Waals surface area (Å²) in [5.41, 5.74) is 1.03. The van der Waals surface area contributed by atoms with Crippen molar-refractivity contribution in [1.82, 2.24) is 0 Å². The largest absolute Gasteiger partial charge is 0.396 e. The van der Waals surface area contributed by atoms with Crippen LogP contribution in [0, 0.1) is 5.92 Å². The fourth-order valence-electron chi connectivity index (χ4n) is 4.22. The van der Waals surface area contributed by atoms with E-state index in [-0.39, 0.29) is 6.61 Å². The molecule has 33 heavy (non-hydrogen) atoms. The molecule has 2 atom stereocenters. The molecule has 2 N–H and O–H groups in total. The lowest BCUT2D eigenvalue weighted by molar-refractivity contribution is -0.138. The molecule has 3 aromatic carbocycles. The average Bonchev–Trinajstić information content (AvgIpc) is 3.08. The molecular weight excluding hydrogens is 416 g/mol. The average molecular weight is 443 g/mol. The van der Waals surface area contributed by atoms with E-state index in [0.29, 0.717) is 41.1 Å². The number of hydrogen-bond acceptors (Lipinski definition) is 4. The van der Waals surface area contributed by atoms with E-state index in [1.54, 1.807) is 37.3 Å².